The van der Waals surface area contributed by atoms with E-state index >= 15 is 0 Å². The van der Waals surface area contributed by atoms with Crippen molar-refractivity contribution in [2.45, 2.75) is 18.2 Å². The number of aromatic carboxylic acids is 1. The van der Waals surface area contributed by atoms with Gasteiger partial charge in [0.15, 0.2) is 9.84 Å². The number of carbonyl (C=O) groups is 1. The third-order valence-corrected chi connectivity index (χ3v) is 5.79. The van der Waals surface area contributed by atoms with Gasteiger partial charge in [-0.2, -0.15) is 0 Å². The van der Waals surface area contributed by atoms with E-state index in [2.05, 4.69) is 0 Å². The SMILES string of the molecule is CCCS(=O)(=O)CCSc1ccc(Cl)c(C(=O)O)c1. The molecule has 4 nitrogen and oxygen atoms in total. The lowest BCUT2D eigenvalue weighted by Crippen LogP contribution is -2.12. The minimum atomic E-state index is -3.00. The first kappa shape index (κ1) is 16.3. The highest BCUT2D eigenvalue weighted by molar-refractivity contribution is 8.00. The Morgan fingerprint density at radius 2 is 2.05 bits per heavy atom. The van der Waals surface area contributed by atoms with Crippen LogP contribution in [0.5, 0.6) is 0 Å². The number of benzene rings is 1. The number of carboxylic acid groups (broad SMARTS) is 1. The van der Waals surface area contributed by atoms with E-state index in [-0.39, 0.29) is 22.1 Å². The van der Waals surface area contributed by atoms with Crippen LogP contribution in [0.2, 0.25) is 5.02 Å². The standard InChI is InChI=1S/C12H15ClO4S2/c1-2-6-19(16,17)7-5-18-9-3-4-11(13)10(8-9)12(14)15/h3-4,8H,2,5-7H2,1H3,(H,14,15). The number of hydrogen-bond donors (Lipinski definition) is 1. The van der Waals surface area contributed by atoms with E-state index in [0.29, 0.717) is 17.1 Å². The van der Waals surface area contributed by atoms with Gasteiger partial charge in [-0.05, 0) is 24.6 Å². The Morgan fingerprint density at radius 3 is 2.63 bits per heavy atom. The molecule has 0 aliphatic rings. The summed E-state index contributed by atoms with van der Waals surface area (Å²) >= 11 is 7.07. The van der Waals surface area contributed by atoms with Gasteiger partial charge in [0.05, 0.1) is 16.3 Å². The molecule has 19 heavy (non-hydrogen) atoms. The van der Waals surface area contributed by atoms with Crippen molar-refractivity contribution in [3.63, 3.8) is 0 Å². The largest absolute Gasteiger partial charge is 0.478 e. The van der Waals surface area contributed by atoms with Crippen LogP contribution in [0.4, 0.5) is 0 Å². The zero-order valence-electron chi connectivity index (χ0n) is 10.4. The number of hydrogen-bond acceptors (Lipinski definition) is 4. The van der Waals surface area contributed by atoms with Gasteiger partial charge in [-0.25, -0.2) is 13.2 Å². The maximum absolute atomic E-state index is 11.5. The van der Waals surface area contributed by atoms with Crippen molar-refractivity contribution in [2.75, 3.05) is 17.3 Å². The van der Waals surface area contributed by atoms with Gasteiger partial charge in [-0.1, -0.05) is 18.5 Å². The smallest absolute Gasteiger partial charge is 0.337 e. The van der Waals surface area contributed by atoms with E-state index in [1.165, 1.54) is 23.9 Å². The Bertz CT molecular complexity index is 555. The summed E-state index contributed by atoms with van der Waals surface area (Å²) in [5.74, 6) is -0.403. The highest BCUT2D eigenvalue weighted by Crippen LogP contribution is 2.24. The Labute approximate surface area is 122 Å². The van der Waals surface area contributed by atoms with E-state index in [1.807, 2.05) is 6.92 Å². The van der Waals surface area contributed by atoms with Crippen LogP contribution in [-0.4, -0.2) is 36.8 Å². The number of rotatable bonds is 7. The molecule has 1 N–H and O–H groups in total. The van der Waals surface area contributed by atoms with Gasteiger partial charge in [0.2, 0.25) is 0 Å². The fraction of sp³-hybridized carbons (Fsp3) is 0.417. The predicted octanol–water partition coefficient (Wildman–Crippen LogP) is 2.96. The molecular formula is C12H15ClO4S2. The Morgan fingerprint density at radius 1 is 1.37 bits per heavy atom. The normalized spacial score (nSPS) is 11.5. The van der Waals surface area contributed by atoms with Crippen molar-refractivity contribution < 1.29 is 18.3 Å². The zero-order valence-corrected chi connectivity index (χ0v) is 12.8. The van der Waals surface area contributed by atoms with Crippen LogP contribution in [-0.2, 0) is 9.84 Å². The third kappa shape index (κ3) is 5.42. The summed E-state index contributed by atoms with van der Waals surface area (Å²) in [5, 5.41) is 9.10. The molecule has 1 aromatic carbocycles. The Kier molecular flexibility index (Phi) is 6.16. The van der Waals surface area contributed by atoms with Crippen molar-refractivity contribution in [1.29, 1.82) is 0 Å². The van der Waals surface area contributed by atoms with Gasteiger partial charge in [-0.3, -0.25) is 0 Å². The van der Waals surface area contributed by atoms with Crippen LogP contribution in [0, 0.1) is 0 Å². The third-order valence-electron chi connectivity index (χ3n) is 2.35. The Hall–Kier alpha value is -0.720. The first-order valence-electron chi connectivity index (χ1n) is 5.72. The number of sulfone groups is 1. The van der Waals surface area contributed by atoms with Crippen LogP contribution in [0.1, 0.15) is 23.7 Å². The van der Waals surface area contributed by atoms with Crippen molar-refractivity contribution in [1.82, 2.24) is 0 Å². The van der Waals surface area contributed by atoms with Crippen molar-refractivity contribution in [3.8, 4) is 0 Å². The van der Waals surface area contributed by atoms with E-state index < -0.39 is 15.8 Å². The van der Waals surface area contributed by atoms with Gasteiger partial charge in [0.1, 0.15) is 0 Å². The van der Waals surface area contributed by atoms with Crippen LogP contribution < -0.4 is 0 Å². The highest BCUT2D eigenvalue weighted by Gasteiger charge is 2.12. The molecule has 0 heterocycles. The molecule has 0 saturated carbocycles. The lowest BCUT2D eigenvalue weighted by molar-refractivity contribution is 0.0697. The minimum Gasteiger partial charge on any atom is -0.478 e. The molecule has 0 bridgehead atoms. The molecule has 0 spiro atoms. The van der Waals surface area contributed by atoms with Gasteiger partial charge < -0.3 is 5.11 Å². The summed E-state index contributed by atoms with van der Waals surface area (Å²) in [4.78, 5) is 11.6. The minimum absolute atomic E-state index is 0.0306. The summed E-state index contributed by atoms with van der Waals surface area (Å²) in [5.41, 5.74) is 0.0306. The average molecular weight is 323 g/mol. The van der Waals surface area contributed by atoms with Crippen molar-refractivity contribution >= 4 is 39.2 Å². The second kappa shape index (κ2) is 7.17. The number of thioether (sulfide) groups is 1. The monoisotopic (exact) mass is 322 g/mol. The lowest BCUT2D eigenvalue weighted by Gasteiger charge is -2.05. The summed E-state index contributed by atoms with van der Waals surface area (Å²) < 4.78 is 23.0. The molecule has 106 valence electrons. The summed E-state index contributed by atoms with van der Waals surface area (Å²) in [6.45, 7) is 1.82. The van der Waals surface area contributed by atoms with Crippen LogP contribution in [0.15, 0.2) is 23.1 Å². The van der Waals surface area contributed by atoms with E-state index in [4.69, 9.17) is 16.7 Å². The lowest BCUT2D eigenvalue weighted by atomic mass is 10.2. The Balaban J connectivity index is 2.64. The fourth-order valence-corrected chi connectivity index (χ4v) is 4.43. The topological polar surface area (TPSA) is 71.4 Å². The maximum atomic E-state index is 11.5. The molecular weight excluding hydrogens is 308 g/mol. The van der Waals surface area contributed by atoms with E-state index in [9.17, 15) is 13.2 Å². The molecule has 0 radical (unpaired) electrons. The van der Waals surface area contributed by atoms with Crippen molar-refractivity contribution in [2.24, 2.45) is 0 Å². The molecule has 0 aromatic heterocycles. The predicted molar refractivity (Wildman–Crippen MR) is 78.1 cm³/mol. The molecule has 1 aromatic rings. The molecule has 0 amide bonds. The van der Waals surface area contributed by atoms with E-state index in [1.54, 1.807) is 6.07 Å². The molecule has 0 saturated heterocycles. The maximum Gasteiger partial charge on any atom is 0.337 e. The quantitative estimate of drug-likeness (QED) is 0.781. The highest BCUT2D eigenvalue weighted by atomic mass is 35.5. The second-order valence-corrected chi connectivity index (χ2v) is 7.83. The van der Waals surface area contributed by atoms with Crippen LogP contribution in [0.25, 0.3) is 0 Å². The first-order chi connectivity index (χ1) is 8.85. The molecule has 0 unspecified atom stereocenters. The molecule has 0 aliphatic carbocycles. The fourth-order valence-electron chi connectivity index (χ4n) is 1.46. The molecule has 7 heteroatoms. The first-order valence-corrected chi connectivity index (χ1v) is 8.90. The van der Waals surface area contributed by atoms with Gasteiger partial charge in [-0.15, -0.1) is 11.8 Å². The van der Waals surface area contributed by atoms with Gasteiger partial charge >= 0.3 is 5.97 Å². The van der Waals surface area contributed by atoms with Crippen LogP contribution >= 0.6 is 23.4 Å². The van der Waals surface area contributed by atoms with Gasteiger partial charge in [0, 0.05) is 16.4 Å². The molecule has 1 rings (SSSR count). The average Bonchev–Trinajstić information content (AvgIpc) is 2.30. The summed E-state index contributed by atoms with van der Waals surface area (Å²) in [6.07, 6.45) is 0.608. The summed E-state index contributed by atoms with van der Waals surface area (Å²) in [6, 6.07) is 4.65. The molecule has 0 aliphatic heterocycles. The van der Waals surface area contributed by atoms with E-state index in [0.717, 1.165) is 0 Å². The molecule has 0 fully saturated rings. The second-order valence-electron chi connectivity index (χ2n) is 3.95. The van der Waals surface area contributed by atoms with Crippen LogP contribution in [0.3, 0.4) is 0 Å². The molecule has 0 atom stereocenters. The van der Waals surface area contributed by atoms with Crippen molar-refractivity contribution in [3.05, 3.63) is 28.8 Å². The van der Waals surface area contributed by atoms with Gasteiger partial charge in [0.25, 0.3) is 0 Å². The zero-order chi connectivity index (χ0) is 14.5. The summed E-state index contributed by atoms with van der Waals surface area (Å²) in [7, 11) is -3.00. The number of halogens is 1. The number of carboxylic acids is 1.